The van der Waals surface area contributed by atoms with Crippen molar-refractivity contribution in [3.63, 3.8) is 0 Å². The third-order valence-corrected chi connectivity index (χ3v) is 5.47. The van der Waals surface area contributed by atoms with Gasteiger partial charge in [0.1, 0.15) is 6.26 Å². The molecule has 0 aliphatic carbocycles. The van der Waals surface area contributed by atoms with Crippen molar-refractivity contribution in [1.82, 2.24) is 20.5 Å². The van der Waals surface area contributed by atoms with Crippen LogP contribution in [0.4, 0.5) is 0 Å². The summed E-state index contributed by atoms with van der Waals surface area (Å²) in [4.78, 5) is 11.4. The lowest BCUT2D eigenvalue weighted by atomic mass is 10.00. The first kappa shape index (κ1) is 25.6. The lowest BCUT2D eigenvalue weighted by Crippen LogP contribution is -2.59. The number of aryl methyl sites for hydroxylation is 1. The fourth-order valence-corrected chi connectivity index (χ4v) is 3.70. The number of nitrogens with zero attached hydrogens (tertiary/aromatic N) is 3. The van der Waals surface area contributed by atoms with Crippen LogP contribution in [0.3, 0.4) is 0 Å². The van der Waals surface area contributed by atoms with Crippen LogP contribution in [0.25, 0.3) is 11.5 Å². The summed E-state index contributed by atoms with van der Waals surface area (Å²) in [7, 11) is 1.78. The minimum Gasteiger partial charge on any atom is -0.444 e. The van der Waals surface area contributed by atoms with Crippen LogP contribution >= 0.6 is 24.0 Å². The molecule has 1 aliphatic heterocycles. The molecule has 0 radical (unpaired) electrons. The van der Waals surface area contributed by atoms with Crippen LogP contribution in [-0.4, -0.2) is 60.3 Å². The van der Waals surface area contributed by atoms with Crippen LogP contribution in [0, 0.1) is 6.92 Å². The zero-order valence-corrected chi connectivity index (χ0v) is 21.8. The highest BCUT2D eigenvalue weighted by molar-refractivity contribution is 14.0. The quantitative estimate of drug-likeness (QED) is 0.329. The van der Waals surface area contributed by atoms with Crippen molar-refractivity contribution in [2.75, 3.05) is 26.7 Å². The minimum absolute atomic E-state index is 0. The lowest BCUT2D eigenvalue weighted by Gasteiger charge is -2.45. The first-order valence-electron chi connectivity index (χ1n) is 10.6. The van der Waals surface area contributed by atoms with Crippen molar-refractivity contribution in [3.05, 3.63) is 41.8 Å². The molecule has 2 heterocycles. The zero-order chi connectivity index (χ0) is 21.7. The Labute approximate surface area is 203 Å². The number of nitrogens with one attached hydrogen (secondary N) is 2. The Kier molecular flexibility index (Phi) is 9.32. The van der Waals surface area contributed by atoms with Gasteiger partial charge >= 0.3 is 0 Å². The molecule has 0 amide bonds. The summed E-state index contributed by atoms with van der Waals surface area (Å²) < 4.78 is 11.5. The Morgan fingerprint density at radius 3 is 2.42 bits per heavy atom. The van der Waals surface area contributed by atoms with Gasteiger partial charge in [-0.15, -0.1) is 24.0 Å². The van der Waals surface area contributed by atoms with Crippen molar-refractivity contribution >= 4 is 29.9 Å². The minimum atomic E-state index is -0.0174. The zero-order valence-electron chi connectivity index (χ0n) is 19.4. The second kappa shape index (κ2) is 11.3. The molecule has 1 fully saturated rings. The molecule has 1 saturated heterocycles. The second-order valence-electron chi connectivity index (χ2n) is 8.76. The van der Waals surface area contributed by atoms with E-state index in [-0.39, 0.29) is 41.7 Å². The number of hydrogen-bond donors (Lipinski definition) is 2. The van der Waals surface area contributed by atoms with E-state index in [1.165, 1.54) is 5.56 Å². The van der Waals surface area contributed by atoms with E-state index in [4.69, 9.17) is 9.15 Å². The highest BCUT2D eigenvalue weighted by atomic mass is 127. The van der Waals surface area contributed by atoms with Gasteiger partial charge in [-0.1, -0.05) is 17.7 Å². The Bertz CT molecular complexity index is 840. The molecular weight excluding hydrogens is 505 g/mol. The molecular formula is C23H36IN5O2. The summed E-state index contributed by atoms with van der Waals surface area (Å²) in [5.41, 5.74) is 3.01. The second-order valence-corrected chi connectivity index (χ2v) is 8.76. The molecule has 2 aromatic rings. The van der Waals surface area contributed by atoms with E-state index in [0.717, 1.165) is 36.9 Å². The Morgan fingerprint density at radius 2 is 1.81 bits per heavy atom. The molecule has 31 heavy (non-hydrogen) atoms. The van der Waals surface area contributed by atoms with Crippen molar-refractivity contribution in [1.29, 1.82) is 0 Å². The maximum atomic E-state index is 5.87. The van der Waals surface area contributed by atoms with Crippen LogP contribution in [0.15, 0.2) is 39.9 Å². The molecule has 7 nitrogen and oxygen atoms in total. The Hall–Kier alpha value is -1.65. The van der Waals surface area contributed by atoms with Crippen LogP contribution in [0.1, 0.15) is 39.0 Å². The number of aromatic nitrogens is 1. The van der Waals surface area contributed by atoms with E-state index in [9.17, 15) is 0 Å². The van der Waals surface area contributed by atoms with E-state index < -0.39 is 0 Å². The third-order valence-electron chi connectivity index (χ3n) is 5.47. The average molecular weight is 541 g/mol. The number of rotatable bonds is 6. The first-order chi connectivity index (χ1) is 14.3. The van der Waals surface area contributed by atoms with Gasteiger partial charge in [-0.25, -0.2) is 4.98 Å². The number of halogens is 1. The standard InChI is InChI=1S/C23H35N5O2.HI/c1-16-7-9-19(10-8-16)21-27-20(14-29-21)11-25-22(24-6)26-15-23(4,5)28-12-17(2)30-18(3)13-28;/h7-10,14,17-18H,11-13,15H2,1-6H3,(H2,24,25,26);1H. The topological polar surface area (TPSA) is 74.9 Å². The number of benzene rings is 1. The van der Waals surface area contributed by atoms with Crippen molar-refractivity contribution in [2.45, 2.75) is 58.9 Å². The van der Waals surface area contributed by atoms with Gasteiger partial charge in [-0.05, 0) is 46.8 Å². The number of morpholine rings is 1. The summed E-state index contributed by atoms with van der Waals surface area (Å²) in [5.74, 6) is 1.38. The van der Waals surface area contributed by atoms with Gasteiger partial charge in [-0.3, -0.25) is 9.89 Å². The summed E-state index contributed by atoms with van der Waals surface area (Å²) in [6.07, 6.45) is 2.19. The summed E-state index contributed by atoms with van der Waals surface area (Å²) in [6.45, 7) is 14.0. The molecule has 0 spiro atoms. The summed E-state index contributed by atoms with van der Waals surface area (Å²) >= 11 is 0. The summed E-state index contributed by atoms with van der Waals surface area (Å²) in [5, 5.41) is 6.78. The average Bonchev–Trinajstić information content (AvgIpc) is 3.17. The third kappa shape index (κ3) is 7.18. The number of guanidine groups is 1. The lowest BCUT2D eigenvalue weighted by molar-refractivity contribution is -0.0946. The van der Waals surface area contributed by atoms with E-state index in [1.54, 1.807) is 13.3 Å². The van der Waals surface area contributed by atoms with Crippen LogP contribution < -0.4 is 10.6 Å². The van der Waals surface area contributed by atoms with Crippen LogP contribution in [0.2, 0.25) is 0 Å². The monoisotopic (exact) mass is 541 g/mol. The van der Waals surface area contributed by atoms with Crippen molar-refractivity contribution in [2.24, 2.45) is 4.99 Å². The number of aliphatic imine (C=N–C) groups is 1. The number of hydrogen-bond acceptors (Lipinski definition) is 5. The smallest absolute Gasteiger partial charge is 0.226 e. The van der Waals surface area contributed by atoms with Gasteiger partial charge in [0.15, 0.2) is 5.96 Å². The molecule has 2 atom stereocenters. The van der Waals surface area contributed by atoms with Crippen LogP contribution in [0.5, 0.6) is 0 Å². The van der Waals surface area contributed by atoms with E-state index in [2.05, 4.69) is 72.3 Å². The molecule has 1 aliphatic rings. The SMILES string of the molecule is CN=C(NCc1coc(-c2ccc(C)cc2)n1)NCC(C)(C)N1CC(C)OC(C)C1.I. The largest absolute Gasteiger partial charge is 0.444 e. The molecule has 3 rings (SSSR count). The molecule has 1 aromatic carbocycles. The van der Waals surface area contributed by atoms with E-state index >= 15 is 0 Å². The number of oxazole rings is 1. The molecule has 2 unspecified atom stereocenters. The molecule has 0 bridgehead atoms. The first-order valence-corrected chi connectivity index (χ1v) is 10.6. The molecule has 0 saturated carbocycles. The Morgan fingerprint density at radius 1 is 1.16 bits per heavy atom. The molecule has 1 aromatic heterocycles. The van der Waals surface area contributed by atoms with Crippen molar-refractivity contribution < 1.29 is 9.15 Å². The molecule has 172 valence electrons. The fraction of sp³-hybridized carbons (Fsp3) is 0.565. The van der Waals surface area contributed by atoms with Gasteiger partial charge in [-0.2, -0.15) is 0 Å². The van der Waals surface area contributed by atoms with Gasteiger partial charge < -0.3 is 19.8 Å². The molecule has 8 heteroatoms. The predicted octanol–water partition coefficient (Wildman–Crippen LogP) is 3.82. The van der Waals surface area contributed by atoms with E-state index in [0.29, 0.717) is 12.4 Å². The van der Waals surface area contributed by atoms with Gasteiger partial charge in [0, 0.05) is 37.8 Å². The van der Waals surface area contributed by atoms with Gasteiger partial charge in [0.2, 0.25) is 5.89 Å². The fourth-order valence-electron chi connectivity index (χ4n) is 3.70. The van der Waals surface area contributed by atoms with Crippen LogP contribution in [-0.2, 0) is 11.3 Å². The van der Waals surface area contributed by atoms with Gasteiger partial charge in [0.25, 0.3) is 0 Å². The van der Waals surface area contributed by atoms with E-state index in [1.807, 2.05) is 12.1 Å². The maximum Gasteiger partial charge on any atom is 0.226 e. The summed E-state index contributed by atoms with van der Waals surface area (Å²) in [6, 6.07) is 8.16. The maximum absolute atomic E-state index is 5.87. The Balaban J connectivity index is 0.00000341. The van der Waals surface area contributed by atoms with Gasteiger partial charge in [0.05, 0.1) is 24.4 Å². The predicted molar refractivity (Wildman–Crippen MR) is 136 cm³/mol. The molecule has 2 N–H and O–H groups in total. The van der Waals surface area contributed by atoms with Crippen molar-refractivity contribution in [3.8, 4) is 11.5 Å². The highest BCUT2D eigenvalue weighted by Crippen LogP contribution is 2.21. The highest BCUT2D eigenvalue weighted by Gasteiger charge is 2.33. The number of ether oxygens (including phenoxy) is 1. The normalized spacial score (nSPS) is 20.3.